The molecule has 120 valence electrons. The van der Waals surface area contributed by atoms with E-state index in [1.165, 1.54) is 6.07 Å². The van der Waals surface area contributed by atoms with E-state index < -0.39 is 0 Å². The molecule has 1 aliphatic heterocycles. The first kappa shape index (κ1) is 16.0. The molecule has 0 aromatic heterocycles. The molecule has 0 unspecified atom stereocenters. The van der Waals surface area contributed by atoms with Gasteiger partial charge in [0.05, 0.1) is 13.2 Å². The maximum absolute atomic E-state index is 13.8. The Labute approximate surface area is 139 Å². The maximum Gasteiger partial charge on any atom is 0.254 e. The number of ether oxygens (including phenoxy) is 1. The molecule has 23 heavy (non-hydrogen) atoms. The van der Waals surface area contributed by atoms with Crippen LogP contribution < -0.4 is 0 Å². The molecule has 3 rings (SSSR count). The van der Waals surface area contributed by atoms with Crippen LogP contribution in [0.25, 0.3) is 11.1 Å². The summed E-state index contributed by atoms with van der Waals surface area (Å²) in [7, 11) is 0. The predicted molar refractivity (Wildman–Crippen MR) is 88.3 cm³/mol. The maximum atomic E-state index is 13.8. The van der Waals surface area contributed by atoms with Gasteiger partial charge in [-0.15, -0.1) is 0 Å². The number of halogens is 2. The molecule has 5 heteroatoms. The lowest BCUT2D eigenvalue weighted by Gasteiger charge is -2.26. The van der Waals surface area contributed by atoms with E-state index in [1.54, 1.807) is 42.2 Å². The fraction of sp³-hybridized carbons (Fsp3) is 0.278. The zero-order valence-corrected chi connectivity index (χ0v) is 13.6. The van der Waals surface area contributed by atoms with E-state index in [9.17, 15) is 9.18 Å². The van der Waals surface area contributed by atoms with Gasteiger partial charge in [0.2, 0.25) is 0 Å². The molecule has 1 heterocycles. The molecule has 3 nitrogen and oxygen atoms in total. The molecular weight excluding hydrogens is 317 g/mol. The summed E-state index contributed by atoms with van der Waals surface area (Å²) in [6.07, 6.45) is 0. The topological polar surface area (TPSA) is 29.5 Å². The lowest BCUT2D eigenvalue weighted by molar-refractivity contribution is 0.0303. The van der Waals surface area contributed by atoms with Crippen LogP contribution in [-0.2, 0) is 4.74 Å². The Hall–Kier alpha value is -1.91. The second-order valence-corrected chi connectivity index (χ2v) is 5.97. The highest BCUT2D eigenvalue weighted by Gasteiger charge is 2.18. The van der Waals surface area contributed by atoms with Gasteiger partial charge in [-0.3, -0.25) is 4.79 Å². The molecule has 1 fully saturated rings. The van der Waals surface area contributed by atoms with E-state index in [1.807, 2.05) is 0 Å². The molecule has 2 aromatic carbocycles. The molecule has 1 aliphatic rings. The predicted octanol–water partition coefficient (Wildman–Crippen LogP) is 3.93. The van der Waals surface area contributed by atoms with Gasteiger partial charge in [-0.2, -0.15) is 0 Å². The zero-order chi connectivity index (χ0) is 16.4. The molecule has 0 radical (unpaired) electrons. The van der Waals surface area contributed by atoms with Crippen LogP contribution in [-0.4, -0.2) is 37.1 Å². The summed E-state index contributed by atoms with van der Waals surface area (Å²) in [5.74, 6) is -0.307. The Morgan fingerprint density at radius 1 is 1.17 bits per heavy atom. The average Bonchev–Trinajstić information content (AvgIpc) is 2.58. The first-order valence-corrected chi connectivity index (χ1v) is 7.87. The summed E-state index contributed by atoms with van der Waals surface area (Å²) in [6, 6.07) is 10.1. The number of morpholine rings is 1. The van der Waals surface area contributed by atoms with Crippen molar-refractivity contribution in [3.63, 3.8) is 0 Å². The number of hydrogen-bond acceptors (Lipinski definition) is 2. The number of hydrogen-bond donors (Lipinski definition) is 0. The Morgan fingerprint density at radius 3 is 2.48 bits per heavy atom. The van der Waals surface area contributed by atoms with Crippen LogP contribution in [0.1, 0.15) is 15.9 Å². The number of nitrogens with zero attached hydrogens (tertiary/aromatic N) is 1. The highest BCUT2D eigenvalue weighted by atomic mass is 35.5. The summed E-state index contributed by atoms with van der Waals surface area (Å²) in [5, 5.41) is 0.496. The van der Waals surface area contributed by atoms with Crippen molar-refractivity contribution in [2.24, 2.45) is 0 Å². The van der Waals surface area contributed by atoms with Crippen molar-refractivity contribution < 1.29 is 13.9 Å². The first-order chi connectivity index (χ1) is 11.1. The largest absolute Gasteiger partial charge is 0.378 e. The Bertz CT molecular complexity index is 725. The SMILES string of the molecule is Cc1cc(Cl)c(-c2ccc(C(=O)N3CCOCC3)cc2)cc1F. The molecule has 0 saturated carbocycles. The number of aryl methyl sites for hydroxylation is 1. The van der Waals surface area contributed by atoms with Gasteiger partial charge in [-0.05, 0) is 42.3 Å². The lowest BCUT2D eigenvalue weighted by atomic mass is 10.0. The van der Waals surface area contributed by atoms with E-state index in [0.717, 1.165) is 5.56 Å². The highest BCUT2D eigenvalue weighted by Crippen LogP contribution is 2.30. The zero-order valence-electron chi connectivity index (χ0n) is 12.8. The van der Waals surface area contributed by atoms with Gasteiger partial charge in [0.1, 0.15) is 5.82 Å². The number of benzene rings is 2. The second kappa shape index (κ2) is 6.69. The van der Waals surface area contributed by atoms with Crippen LogP contribution in [0.5, 0.6) is 0 Å². The van der Waals surface area contributed by atoms with E-state index in [0.29, 0.717) is 48.0 Å². The van der Waals surface area contributed by atoms with Crippen molar-refractivity contribution in [3.8, 4) is 11.1 Å². The summed E-state index contributed by atoms with van der Waals surface area (Å²) in [5.41, 5.74) is 2.53. The van der Waals surface area contributed by atoms with Crippen molar-refractivity contribution in [2.75, 3.05) is 26.3 Å². The van der Waals surface area contributed by atoms with Crippen LogP contribution >= 0.6 is 11.6 Å². The van der Waals surface area contributed by atoms with Crippen molar-refractivity contribution in [1.29, 1.82) is 0 Å². The van der Waals surface area contributed by atoms with Gasteiger partial charge in [0.25, 0.3) is 5.91 Å². The minimum absolute atomic E-state index is 0.0129. The van der Waals surface area contributed by atoms with E-state index in [2.05, 4.69) is 0 Å². The van der Waals surface area contributed by atoms with E-state index >= 15 is 0 Å². The van der Waals surface area contributed by atoms with Gasteiger partial charge in [-0.1, -0.05) is 23.7 Å². The van der Waals surface area contributed by atoms with Crippen molar-refractivity contribution in [1.82, 2.24) is 4.90 Å². The van der Waals surface area contributed by atoms with E-state index in [4.69, 9.17) is 16.3 Å². The van der Waals surface area contributed by atoms with E-state index in [-0.39, 0.29) is 11.7 Å². The third-order valence-electron chi connectivity index (χ3n) is 3.99. The second-order valence-electron chi connectivity index (χ2n) is 5.56. The minimum Gasteiger partial charge on any atom is -0.378 e. The Kier molecular flexibility index (Phi) is 4.64. The number of carbonyl (C=O) groups is 1. The molecule has 1 amide bonds. The number of carbonyl (C=O) groups excluding carboxylic acids is 1. The average molecular weight is 334 g/mol. The van der Waals surface area contributed by atoms with Crippen LogP contribution in [0.3, 0.4) is 0 Å². The standard InChI is InChI=1S/C18H17ClFNO2/c1-12-10-16(19)15(11-17(12)20)13-2-4-14(5-3-13)18(22)21-6-8-23-9-7-21/h2-5,10-11H,6-9H2,1H3. The van der Waals surface area contributed by atoms with Crippen molar-refractivity contribution >= 4 is 17.5 Å². The molecule has 0 spiro atoms. The molecule has 1 saturated heterocycles. The van der Waals surface area contributed by atoms with Crippen LogP contribution in [0.2, 0.25) is 5.02 Å². The van der Waals surface area contributed by atoms with Crippen LogP contribution in [0.4, 0.5) is 4.39 Å². The minimum atomic E-state index is -0.294. The van der Waals surface area contributed by atoms with Gasteiger partial charge >= 0.3 is 0 Å². The molecule has 0 bridgehead atoms. The molecule has 0 aliphatic carbocycles. The molecule has 2 aromatic rings. The third kappa shape index (κ3) is 3.38. The summed E-state index contributed by atoms with van der Waals surface area (Å²) < 4.78 is 19.0. The highest BCUT2D eigenvalue weighted by molar-refractivity contribution is 6.33. The summed E-state index contributed by atoms with van der Waals surface area (Å²) in [6.45, 7) is 4.03. The van der Waals surface area contributed by atoms with Gasteiger partial charge < -0.3 is 9.64 Å². The van der Waals surface area contributed by atoms with Gasteiger partial charge in [0, 0.05) is 29.2 Å². The quantitative estimate of drug-likeness (QED) is 0.833. The smallest absolute Gasteiger partial charge is 0.254 e. The van der Waals surface area contributed by atoms with Crippen LogP contribution in [0.15, 0.2) is 36.4 Å². The van der Waals surface area contributed by atoms with Crippen LogP contribution in [0, 0.1) is 12.7 Å². The number of amides is 1. The molecule has 0 N–H and O–H groups in total. The van der Waals surface area contributed by atoms with Crippen molar-refractivity contribution in [3.05, 3.63) is 58.4 Å². The lowest BCUT2D eigenvalue weighted by Crippen LogP contribution is -2.40. The normalized spacial score (nSPS) is 14.8. The van der Waals surface area contributed by atoms with Gasteiger partial charge in [0.15, 0.2) is 0 Å². The van der Waals surface area contributed by atoms with Crippen molar-refractivity contribution in [2.45, 2.75) is 6.92 Å². The number of rotatable bonds is 2. The molecular formula is C18H17ClFNO2. The Balaban J connectivity index is 1.84. The monoisotopic (exact) mass is 333 g/mol. The summed E-state index contributed by atoms with van der Waals surface area (Å²) in [4.78, 5) is 14.2. The molecule has 0 atom stereocenters. The Morgan fingerprint density at radius 2 is 1.83 bits per heavy atom. The fourth-order valence-electron chi connectivity index (χ4n) is 2.61. The first-order valence-electron chi connectivity index (χ1n) is 7.49. The van der Waals surface area contributed by atoms with Gasteiger partial charge in [-0.25, -0.2) is 4.39 Å². The fourth-order valence-corrected chi connectivity index (χ4v) is 2.94. The summed E-state index contributed by atoms with van der Waals surface area (Å²) >= 11 is 6.20. The third-order valence-corrected chi connectivity index (χ3v) is 4.30.